The van der Waals surface area contributed by atoms with Gasteiger partial charge in [-0.1, -0.05) is 28.9 Å². The Morgan fingerprint density at radius 1 is 1.19 bits per heavy atom. The topological polar surface area (TPSA) is 60.9 Å². The van der Waals surface area contributed by atoms with Crippen LogP contribution in [0.15, 0.2) is 33.6 Å². The minimum Gasteiger partial charge on any atom is -0.354 e. The maximum atomic E-state index is 12.6. The zero-order valence-electron chi connectivity index (χ0n) is 11.9. The van der Waals surface area contributed by atoms with E-state index in [0.29, 0.717) is 27.4 Å². The summed E-state index contributed by atoms with van der Waals surface area (Å²) in [5.74, 6) is 0. The minimum absolute atomic E-state index is 0.197. The number of benzene rings is 1. The summed E-state index contributed by atoms with van der Waals surface area (Å²) in [5, 5.41) is 9.36. The molecule has 0 saturated heterocycles. The predicted octanol–water partition coefficient (Wildman–Crippen LogP) is 3.26. The van der Waals surface area contributed by atoms with Crippen LogP contribution in [0.5, 0.6) is 0 Å². The fourth-order valence-corrected chi connectivity index (χ4v) is 2.51. The number of aromatic nitrogens is 3. The molecular weight excluding hydrogens is 290 g/mol. The molecule has 0 fully saturated rings. The number of hydrogen-bond donors (Lipinski definition) is 0. The average molecular weight is 304 g/mol. The van der Waals surface area contributed by atoms with Gasteiger partial charge in [0.1, 0.15) is 11.1 Å². The third-order valence-electron chi connectivity index (χ3n) is 3.59. The first-order valence-electron chi connectivity index (χ1n) is 6.60. The SMILES string of the molecule is Cc1nn([C@H](C)c2ccc(Cl)cc2)c(=O)c2c(C)noc12. The Kier molecular flexibility index (Phi) is 3.29. The molecule has 5 nitrogen and oxygen atoms in total. The van der Waals surface area contributed by atoms with Gasteiger partial charge in [-0.25, -0.2) is 4.68 Å². The summed E-state index contributed by atoms with van der Waals surface area (Å²) in [6.07, 6.45) is 0. The van der Waals surface area contributed by atoms with Gasteiger partial charge in [0.25, 0.3) is 5.56 Å². The molecular formula is C15H14ClN3O2. The third kappa shape index (κ3) is 2.23. The number of fused-ring (bicyclic) bond motifs is 1. The van der Waals surface area contributed by atoms with Gasteiger partial charge in [-0.3, -0.25) is 4.79 Å². The summed E-state index contributed by atoms with van der Waals surface area (Å²) >= 11 is 5.90. The van der Waals surface area contributed by atoms with Crippen LogP contribution >= 0.6 is 11.6 Å². The fraction of sp³-hybridized carbons (Fsp3) is 0.267. The maximum Gasteiger partial charge on any atom is 0.280 e. The van der Waals surface area contributed by atoms with Crippen molar-refractivity contribution < 1.29 is 4.52 Å². The molecule has 0 aliphatic rings. The lowest BCUT2D eigenvalue weighted by Crippen LogP contribution is -2.27. The molecule has 3 aromatic rings. The van der Waals surface area contributed by atoms with E-state index in [2.05, 4.69) is 10.3 Å². The van der Waals surface area contributed by atoms with Crippen molar-refractivity contribution >= 4 is 22.6 Å². The van der Waals surface area contributed by atoms with Crippen molar-refractivity contribution in [3.8, 4) is 0 Å². The van der Waals surface area contributed by atoms with Gasteiger partial charge in [0.05, 0.1) is 11.7 Å². The quantitative estimate of drug-likeness (QED) is 0.729. The summed E-state index contributed by atoms with van der Waals surface area (Å²) < 4.78 is 6.64. The normalized spacial score (nSPS) is 12.8. The van der Waals surface area contributed by atoms with Crippen LogP contribution in [-0.2, 0) is 0 Å². The lowest BCUT2D eigenvalue weighted by Gasteiger charge is -2.15. The molecule has 0 unspecified atom stereocenters. The second-order valence-corrected chi connectivity index (χ2v) is 5.47. The number of rotatable bonds is 2. The molecule has 0 radical (unpaired) electrons. The molecule has 1 aromatic carbocycles. The smallest absolute Gasteiger partial charge is 0.280 e. The third-order valence-corrected chi connectivity index (χ3v) is 3.84. The minimum atomic E-state index is -0.202. The van der Waals surface area contributed by atoms with Crippen LogP contribution in [0.4, 0.5) is 0 Å². The maximum absolute atomic E-state index is 12.6. The molecule has 0 N–H and O–H groups in total. The fourth-order valence-electron chi connectivity index (χ4n) is 2.38. The van der Waals surface area contributed by atoms with E-state index in [4.69, 9.17) is 16.1 Å². The van der Waals surface area contributed by atoms with Gasteiger partial charge < -0.3 is 4.52 Å². The van der Waals surface area contributed by atoms with Gasteiger partial charge >= 0.3 is 0 Å². The summed E-state index contributed by atoms with van der Waals surface area (Å²) in [7, 11) is 0. The first-order valence-corrected chi connectivity index (χ1v) is 6.97. The summed E-state index contributed by atoms with van der Waals surface area (Å²) in [5.41, 5.74) is 2.44. The number of halogens is 1. The Morgan fingerprint density at radius 2 is 1.86 bits per heavy atom. The molecule has 6 heteroatoms. The monoisotopic (exact) mass is 303 g/mol. The van der Waals surface area contributed by atoms with Gasteiger partial charge in [-0.05, 0) is 38.5 Å². The van der Waals surface area contributed by atoms with Crippen LogP contribution in [-0.4, -0.2) is 14.9 Å². The molecule has 0 spiro atoms. The molecule has 0 aliphatic heterocycles. The van der Waals surface area contributed by atoms with Gasteiger partial charge in [0, 0.05) is 5.02 Å². The Bertz CT molecular complexity index is 865. The lowest BCUT2D eigenvalue weighted by atomic mass is 10.1. The number of aryl methyl sites for hydroxylation is 2. The van der Waals surface area contributed by atoms with E-state index >= 15 is 0 Å². The van der Waals surface area contributed by atoms with Crippen molar-refractivity contribution in [2.45, 2.75) is 26.8 Å². The van der Waals surface area contributed by atoms with E-state index in [1.807, 2.05) is 19.1 Å². The largest absolute Gasteiger partial charge is 0.354 e. The molecule has 21 heavy (non-hydrogen) atoms. The molecule has 108 valence electrons. The number of hydrogen-bond acceptors (Lipinski definition) is 4. The van der Waals surface area contributed by atoms with Gasteiger partial charge in [0.15, 0.2) is 5.58 Å². The Labute approximate surface area is 126 Å². The van der Waals surface area contributed by atoms with Crippen molar-refractivity contribution in [2.24, 2.45) is 0 Å². The second-order valence-electron chi connectivity index (χ2n) is 5.03. The average Bonchev–Trinajstić information content (AvgIpc) is 2.86. The van der Waals surface area contributed by atoms with Crippen LogP contribution in [0, 0.1) is 13.8 Å². The van der Waals surface area contributed by atoms with Crippen LogP contribution in [0.2, 0.25) is 5.02 Å². The van der Waals surface area contributed by atoms with Crippen molar-refractivity contribution in [2.75, 3.05) is 0 Å². The Hall–Kier alpha value is -2.14. The summed E-state index contributed by atoms with van der Waals surface area (Å²) in [6.45, 7) is 5.48. The highest BCUT2D eigenvalue weighted by atomic mass is 35.5. The standard InChI is InChI=1S/C15H14ClN3O2/c1-8-13-14(21-18-8)9(2)17-19(15(13)20)10(3)11-4-6-12(16)7-5-11/h4-7,10H,1-3H3/t10-/m1/s1. The van der Waals surface area contributed by atoms with Crippen molar-refractivity contribution in [1.82, 2.24) is 14.9 Å². The highest BCUT2D eigenvalue weighted by Crippen LogP contribution is 2.21. The van der Waals surface area contributed by atoms with Crippen LogP contribution in [0.3, 0.4) is 0 Å². The van der Waals surface area contributed by atoms with E-state index in [-0.39, 0.29) is 11.6 Å². The van der Waals surface area contributed by atoms with Crippen molar-refractivity contribution in [3.05, 3.63) is 56.6 Å². The van der Waals surface area contributed by atoms with Crippen LogP contribution < -0.4 is 5.56 Å². The van der Waals surface area contributed by atoms with Gasteiger partial charge in [-0.2, -0.15) is 5.10 Å². The van der Waals surface area contributed by atoms with Gasteiger partial charge in [0.2, 0.25) is 0 Å². The zero-order valence-corrected chi connectivity index (χ0v) is 12.7. The second kappa shape index (κ2) is 5.00. The predicted molar refractivity (Wildman–Crippen MR) is 80.8 cm³/mol. The van der Waals surface area contributed by atoms with Crippen molar-refractivity contribution in [1.29, 1.82) is 0 Å². The highest BCUT2D eigenvalue weighted by molar-refractivity contribution is 6.30. The molecule has 0 aliphatic carbocycles. The van der Waals surface area contributed by atoms with E-state index in [9.17, 15) is 4.79 Å². The summed E-state index contributed by atoms with van der Waals surface area (Å²) in [6, 6.07) is 7.18. The molecule has 3 rings (SSSR count). The first kappa shape index (κ1) is 13.8. The van der Waals surface area contributed by atoms with Crippen LogP contribution in [0.25, 0.3) is 11.0 Å². The highest BCUT2D eigenvalue weighted by Gasteiger charge is 2.19. The van der Waals surface area contributed by atoms with E-state index < -0.39 is 0 Å². The molecule has 2 aromatic heterocycles. The van der Waals surface area contributed by atoms with E-state index in [1.165, 1.54) is 4.68 Å². The van der Waals surface area contributed by atoms with Crippen molar-refractivity contribution in [3.63, 3.8) is 0 Å². The van der Waals surface area contributed by atoms with E-state index in [1.54, 1.807) is 26.0 Å². The molecule has 2 heterocycles. The molecule has 0 amide bonds. The lowest BCUT2D eigenvalue weighted by molar-refractivity contribution is 0.444. The Morgan fingerprint density at radius 3 is 2.52 bits per heavy atom. The summed E-state index contributed by atoms with van der Waals surface area (Å²) in [4.78, 5) is 12.6. The molecule has 0 bridgehead atoms. The zero-order chi connectivity index (χ0) is 15.1. The molecule has 0 saturated carbocycles. The van der Waals surface area contributed by atoms with E-state index in [0.717, 1.165) is 5.56 Å². The molecule has 1 atom stereocenters. The first-order chi connectivity index (χ1) is 9.99. The van der Waals surface area contributed by atoms with Gasteiger partial charge in [-0.15, -0.1) is 0 Å². The van der Waals surface area contributed by atoms with Crippen LogP contribution in [0.1, 0.15) is 29.9 Å². The Balaban J connectivity index is 2.20. The number of nitrogens with zero attached hydrogens (tertiary/aromatic N) is 3.